The number of nitrogens with one attached hydrogen (secondary N) is 1. The molecule has 0 amide bonds. The zero-order valence-electron chi connectivity index (χ0n) is 12.2. The Labute approximate surface area is 125 Å². The fraction of sp³-hybridized carbons (Fsp3) is 0.600. The molecule has 0 bridgehead atoms. The van der Waals surface area contributed by atoms with Gasteiger partial charge in [0.2, 0.25) is 0 Å². The van der Waals surface area contributed by atoms with Crippen LogP contribution < -0.4 is 10.1 Å². The number of aryl methyl sites for hydroxylation is 1. The van der Waals surface area contributed by atoms with Crippen LogP contribution in [0.5, 0.6) is 11.5 Å². The third-order valence-corrected chi connectivity index (χ3v) is 4.33. The van der Waals surface area contributed by atoms with E-state index in [0.717, 1.165) is 56.7 Å². The van der Waals surface area contributed by atoms with E-state index < -0.39 is 0 Å². The molecule has 1 saturated heterocycles. The first kappa shape index (κ1) is 15.4. The van der Waals surface area contributed by atoms with Gasteiger partial charge in [-0.2, -0.15) is 0 Å². The zero-order valence-corrected chi connectivity index (χ0v) is 13.0. The van der Waals surface area contributed by atoms with Crippen LogP contribution in [0.25, 0.3) is 0 Å². The molecule has 2 rings (SSSR count). The molecule has 0 aliphatic carbocycles. The molecule has 20 heavy (non-hydrogen) atoms. The van der Waals surface area contributed by atoms with E-state index in [4.69, 9.17) is 16.3 Å². The van der Waals surface area contributed by atoms with Gasteiger partial charge in [-0.15, -0.1) is 0 Å². The molecule has 0 saturated carbocycles. The van der Waals surface area contributed by atoms with Crippen LogP contribution in [0.2, 0.25) is 5.02 Å². The standard InChI is InChI=1S/C15H23ClN2O2/c1-3-11-10-13(20-2)15(19)12(14(11)16)4-7-18-8-5-17-6-9-18/h10,17,19H,3-9H2,1-2H3. The van der Waals surface area contributed by atoms with Crippen LogP contribution in [0.3, 0.4) is 0 Å². The summed E-state index contributed by atoms with van der Waals surface area (Å²) in [5, 5.41) is 14.3. The average Bonchev–Trinajstić information content (AvgIpc) is 2.48. The molecule has 0 aromatic heterocycles. The molecular formula is C15H23ClN2O2. The topological polar surface area (TPSA) is 44.7 Å². The molecule has 0 radical (unpaired) electrons. The van der Waals surface area contributed by atoms with Gasteiger partial charge in [0.05, 0.1) is 12.1 Å². The van der Waals surface area contributed by atoms with Gasteiger partial charge in [-0.3, -0.25) is 0 Å². The van der Waals surface area contributed by atoms with Gasteiger partial charge in [0, 0.05) is 38.3 Å². The van der Waals surface area contributed by atoms with E-state index in [1.54, 1.807) is 7.11 Å². The maximum absolute atomic E-state index is 10.3. The summed E-state index contributed by atoms with van der Waals surface area (Å²) in [7, 11) is 1.57. The second-order valence-electron chi connectivity index (χ2n) is 5.07. The monoisotopic (exact) mass is 298 g/mol. The van der Waals surface area contributed by atoms with E-state index in [2.05, 4.69) is 17.1 Å². The second kappa shape index (κ2) is 7.16. The largest absolute Gasteiger partial charge is 0.504 e. The first-order valence-electron chi connectivity index (χ1n) is 7.17. The molecule has 1 aromatic rings. The molecule has 2 N–H and O–H groups in total. The van der Waals surface area contributed by atoms with Crippen molar-refractivity contribution in [2.45, 2.75) is 19.8 Å². The Hall–Kier alpha value is -0.970. The highest BCUT2D eigenvalue weighted by Crippen LogP contribution is 2.38. The molecule has 112 valence electrons. The van der Waals surface area contributed by atoms with Crippen LogP contribution in [0.1, 0.15) is 18.1 Å². The van der Waals surface area contributed by atoms with Crippen LogP contribution in [0.4, 0.5) is 0 Å². The van der Waals surface area contributed by atoms with Gasteiger partial charge in [-0.25, -0.2) is 0 Å². The lowest BCUT2D eigenvalue weighted by molar-refractivity contribution is 0.243. The summed E-state index contributed by atoms with van der Waals surface area (Å²) < 4.78 is 5.24. The number of aromatic hydroxyl groups is 1. The number of rotatable bonds is 5. The van der Waals surface area contributed by atoms with Crippen molar-refractivity contribution in [2.24, 2.45) is 0 Å². The molecule has 5 heteroatoms. The van der Waals surface area contributed by atoms with E-state index in [1.807, 2.05) is 6.07 Å². The number of phenolic OH excluding ortho intramolecular Hbond substituents is 1. The normalized spacial score (nSPS) is 16.4. The third-order valence-electron chi connectivity index (χ3n) is 3.86. The highest BCUT2D eigenvalue weighted by Gasteiger charge is 2.18. The first-order valence-corrected chi connectivity index (χ1v) is 7.55. The number of ether oxygens (including phenoxy) is 1. The SMILES string of the molecule is CCc1cc(OC)c(O)c(CCN2CCNCC2)c1Cl. The van der Waals surface area contributed by atoms with Crippen molar-refractivity contribution in [2.75, 3.05) is 39.8 Å². The minimum atomic E-state index is 0.185. The minimum Gasteiger partial charge on any atom is -0.504 e. The van der Waals surface area contributed by atoms with Crippen molar-refractivity contribution in [3.8, 4) is 11.5 Å². The Kier molecular flexibility index (Phi) is 5.52. The summed E-state index contributed by atoms with van der Waals surface area (Å²) in [6, 6.07) is 1.83. The van der Waals surface area contributed by atoms with Gasteiger partial charge in [0.1, 0.15) is 0 Å². The van der Waals surface area contributed by atoms with Crippen molar-refractivity contribution in [3.05, 3.63) is 22.2 Å². The molecule has 1 heterocycles. The quantitative estimate of drug-likeness (QED) is 0.873. The van der Waals surface area contributed by atoms with Crippen LogP contribution in [-0.2, 0) is 12.8 Å². The Morgan fingerprint density at radius 3 is 2.70 bits per heavy atom. The Balaban J connectivity index is 2.16. The molecule has 0 unspecified atom stereocenters. The van der Waals surface area contributed by atoms with E-state index >= 15 is 0 Å². The fourth-order valence-electron chi connectivity index (χ4n) is 2.58. The van der Waals surface area contributed by atoms with Crippen molar-refractivity contribution in [3.63, 3.8) is 0 Å². The van der Waals surface area contributed by atoms with Crippen molar-refractivity contribution in [1.82, 2.24) is 10.2 Å². The first-order chi connectivity index (χ1) is 9.67. The summed E-state index contributed by atoms with van der Waals surface area (Å²) in [6.45, 7) is 7.10. The van der Waals surface area contributed by atoms with Crippen molar-refractivity contribution >= 4 is 11.6 Å². The number of hydrogen-bond donors (Lipinski definition) is 2. The van der Waals surface area contributed by atoms with E-state index in [0.29, 0.717) is 10.8 Å². The van der Waals surface area contributed by atoms with E-state index in [-0.39, 0.29) is 5.75 Å². The number of halogens is 1. The predicted octanol–water partition coefficient (Wildman–Crippen LogP) is 2.06. The smallest absolute Gasteiger partial charge is 0.162 e. The van der Waals surface area contributed by atoms with Gasteiger partial charge in [-0.05, 0) is 24.5 Å². The number of methoxy groups -OCH3 is 1. The lowest BCUT2D eigenvalue weighted by atomic mass is 10.0. The van der Waals surface area contributed by atoms with Crippen LogP contribution in [0.15, 0.2) is 6.07 Å². The minimum absolute atomic E-state index is 0.185. The average molecular weight is 299 g/mol. The maximum atomic E-state index is 10.3. The van der Waals surface area contributed by atoms with Crippen LogP contribution in [-0.4, -0.2) is 49.8 Å². The summed E-state index contributed by atoms with van der Waals surface area (Å²) >= 11 is 6.41. The van der Waals surface area contributed by atoms with Crippen molar-refractivity contribution in [1.29, 1.82) is 0 Å². The number of nitrogens with zero attached hydrogens (tertiary/aromatic N) is 1. The Morgan fingerprint density at radius 1 is 1.40 bits per heavy atom. The van der Waals surface area contributed by atoms with E-state index in [1.165, 1.54) is 0 Å². The molecule has 1 aliphatic rings. The van der Waals surface area contributed by atoms with Gasteiger partial charge in [0.15, 0.2) is 11.5 Å². The number of benzene rings is 1. The van der Waals surface area contributed by atoms with E-state index in [9.17, 15) is 5.11 Å². The highest BCUT2D eigenvalue weighted by molar-refractivity contribution is 6.32. The summed E-state index contributed by atoms with van der Waals surface area (Å²) in [5.41, 5.74) is 1.83. The highest BCUT2D eigenvalue weighted by atomic mass is 35.5. The predicted molar refractivity (Wildman–Crippen MR) is 82.1 cm³/mol. The molecule has 1 aromatic carbocycles. The molecule has 0 atom stereocenters. The Bertz CT molecular complexity index is 431. The van der Waals surface area contributed by atoms with Gasteiger partial charge >= 0.3 is 0 Å². The number of phenols is 1. The molecule has 1 fully saturated rings. The molecule has 1 aliphatic heterocycles. The summed E-state index contributed by atoms with van der Waals surface area (Å²) in [4.78, 5) is 2.39. The number of piperazine rings is 1. The second-order valence-corrected chi connectivity index (χ2v) is 5.45. The lowest BCUT2D eigenvalue weighted by Crippen LogP contribution is -2.44. The maximum Gasteiger partial charge on any atom is 0.162 e. The fourth-order valence-corrected chi connectivity index (χ4v) is 2.95. The van der Waals surface area contributed by atoms with Crippen LogP contribution >= 0.6 is 11.6 Å². The summed E-state index contributed by atoms with van der Waals surface area (Å²) in [6.07, 6.45) is 1.57. The summed E-state index contributed by atoms with van der Waals surface area (Å²) in [5.74, 6) is 0.700. The van der Waals surface area contributed by atoms with Gasteiger partial charge < -0.3 is 20.1 Å². The number of hydrogen-bond acceptors (Lipinski definition) is 4. The molecular weight excluding hydrogens is 276 g/mol. The lowest BCUT2D eigenvalue weighted by Gasteiger charge is -2.27. The zero-order chi connectivity index (χ0) is 14.5. The van der Waals surface area contributed by atoms with Crippen LogP contribution in [0, 0.1) is 0 Å². The Morgan fingerprint density at radius 2 is 2.10 bits per heavy atom. The van der Waals surface area contributed by atoms with Crippen molar-refractivity contribution < 1.29 is 9.84 Å². The van der Waals surface area contributed by atoms with Gasteiger partial charge in [0.25, 0.3) is 0 Å². The molecule has 0 spiro atoms. The third kappa shape index (κ3) is 3.37. The van der Waals surface area contributed by atoms with Gasteiger partial charge in [-0.1, -0.05) is 18.5 Å². The molecule has 4 nitrogen and oxygen atoms in total.